The molecular formula is C21H25N3O2S. The van der Waals surface area contributed by atoms with Gasteiger partial charge in [0.2, 0.25) is 10.0 Å². The van der Waals surface area contributed by atoms with Gasteiger partial charge in [-0.15, -0.1) is 0 Å². The second-order valence-electron chi connectivity index (χ2n) is 6.85. The zero-order valence-electron chi connectivity index (χ0n) is 15.6. The molecule has 3 aromatic rings. The van der Waals surface area contributed by atoms with E-state index in [2.05, 4.69) is 46.2 Å². The second-order valence-corrected chi connectivity index (χ2v) is 8.56. The minimum atomic E-state index is -3.56. The van der Waals surface area contributed by atoms with Crippen molar-refractivity contribution >= 4 is 20.8 Å². The van der Waals surface area contributed by atoms with Gasteiger partial charge in [-0.2, -0.15) is 0 Å². The minimum absolute atomic E-state index is 0.208. The Hall–Kier alpha value is -2.28. The fraction of sp³-hybridized carbons (Fsp3) is 0.286. The summed E-state index contributed by atoms with van der Waals surface area (Å²) in [5.41, 5.74) is 2.53. The molecule has 2 aromatic carbocycles. The maximum Gasteiger partial charge on any atom is 0.240 e. The van der Waals surface area contributed by atoms with E-state index in [9.17, 15) is 8.42 Å². The van der Waals surface area contributed by atoms with Crippen LogP contribution in [0, 0.1) is 6.92 Å². The first-order chi connectivity index (χ1) is 12.9. The lowest BCUT2D eigenvalue weighted by atomic mass is 10.1. The van der Waals surface area contributed by atoms with Gasteiger partial charge >= 0.3 is 0 Å². The van der Waals surface area contributed by atoms with Crippen LogP contribution in [0.3, 0.4) is 0 Å². The van der Waals surface area contributed by atoms with Crippen LogP contribution in [0.4, 0.5) is 0 Å². The van der Waals surface area contributed by atoms with Crippen molar-refractivity contribution in [1.29, 1.82) is 0 Å². The number of sulfonamides is 1. The van der Waals surface area contributed by atoms with Gasteiger partial charge in [0.15, 0.2) is 0 Å². The Morgan fingerprint density at radius 3 is 2.74 bits per heavy atom. The molecule has 0 bridgehead atoms. The summed E-state index contributed by atoms with van der Waals surface area (Å²) < 4.78 is 28.0. The predicted octanol–water partition coefficient (Wildman–Crippen LogP) is 3.04. The number of pyridine rings is 1. The summed E-state index contributed by atoms with van der Waals surface area (Å²) in [6.07, 6.45) is 4.30. The van der Waals surface area contributed by atoms with E-state index in [4.69, 9.17) is 0 Å². The molecule has 27 heavy (non-hydrogen) atoms. The first kappa shape index (κ1) is 19.5. The molecular weight excluding hydrogens is 358 g/mol. The molecule has 1 heterocycles. The van der Waals surface area contributed by atoms with Crippen molar-refractivity contribution in [3.05, 3.63) is 72.1 Å². The van der Waals surface area contributed by atoms with Gasteiger partial charge in [0.05, 0.1) is 4.90 Å². The zero-order valence-corrected chi connectivity index (χ0v) is 16.5. The molecule has 142 valence electrons. The molecule has 0 aliphatic rings. The molecule has 0 radical (unpaired) electrons. The molecule has 1 aromatic heterocycles. The molecule has 1 atom stereocenters. The van der Waals surface area contributed by atoms with Crippen LogP contribution in [0.2, 0.25) is 0 Å². The Balaban J connectivity index is 1.53. The van der Waals surface area contributed by atoms with Gasteiger partial charge < -0.3 is 5.32 Å². The van der Waals surface area contributed by atoms with Crippen LogP contribution >= 0.6 is 0 Å². The topological polar surface area (TPSA) is 71.1 Å². The quantitative estimate of drug-likeness (QED) is 0.587. The summed E-state index contributed by atoms with van der Waals surface area (Å²) in [6, 6.07) is 15.1. The van der Waals surface area contributed by atoms with Crippen LogP contribution in [-0.4, -0.2) is 32.5 Å². The predicted molar refractivity (Wildman–Crippen MR) is 109 cm³/mol. The van der Waals surface area contributed by atoms with E-state index in [1.807, 2.05) is 13.0 Å². The summed E-state index contributed by atoms with van der Waals surface area (Å²) in [5.74, 6) is 0. The first-order valence-electron chi connectivity index (χ1n) is 9.06. The Morgan fingerprint density at radius 1 is 1.07 bits per heavy atom. The third kappa shape index (κ3) is 5.35. The van der Waals surface area contributed by atoms with Crippen LogP contribution in [0.1, 0.15) is 18.1 Å². The smallest absolute Gasteiger partial charge is 0.240 e. The summed E-state index contributed by atoms with van der Waals surface area (Å²) in [6.45, 7) is 5.32. The molecule has 3 rings (SSSR count). The lowest BCUT2D eigenvalue weighted by Crippen LogP contribution is -2.40. The van der Waals surface area contributed by atoms with E-state index in [0.717, 1.165) is 23.7 Å². The second kappa shape index (κ2) is 8.61. The largest absolute Gasteiger partial charge is 0.315 e. The molecule has 0 saturated heterocycles. The maximum absolute atomic E-state index is 12.6. The van der Waals surface area contributed by atoms with Gasteiger partial charge in [0.1, 0.15) is 0 Å². The molecule has 0 aliphatic heterocycles. The van der Waals surface area contributed by atoms with Crippen LogP contribution in [-0.2, 0) is 16.4 Å². The molecule has 0 spiro atoms. The highest BCUT2D eigenvalue weighted by Gasteiger charge is 2.17. The van der Waals surface area contributed by atoms with Crippen molar-refractivity contribution in [1.82, 2.24) is 15.0 Å². The number of nitrogens with one attached hydrogen (secondary N) is 2. The third-order valence-corrected chi connectivity index (χ3v) is 5.99. The number of rotatable bonds is 8. The summed E-state index contributed by atoms with van der Waals surface area (Å²) >= 11 is 0. The standard InChI is InChI=1S/C21H25N3O2S/c1-16-4-3-5-18(12-16)8-10-22-14-17(2)24-27(25,26)21-7-6-20-15-23-11-9-19(20)13-21/h3-7,9,11-13,15,17,22,24H,8,10,14H2,1-2H3/t17-/m1/s1. The fourth-order valence-corrected chi connectivity index (χ4v) is 4.30. The zero-order chi connectivity index (χ0) is 19.3. The number of hydrogen-bond acceptors (Lipinski definition) is 4. The van der Waals surface area contributed by atoms with Crippen molar-refractivity contribution in [3.63, 3.8) is 0 Å². The van der Waals surface area contributed by atoms with E-state index < -0.39 is 10.0 Å². The van der Waals surface area contributed by atoms with E-state index >= 15 is 0 Å². The van der Waals surface area contributed by atoms with Crippen LogP contribution in [0.25, 0.3) is 10.8 Å². The van der Waals surface area contributed by atoms with Gasteiger partial charge in [-0.25, -0.2) is 13.1 Å². The molecule has 0 aliphatic carbocycles. The van der Waals surface area contributed by atoms with Crippen LogP contribution in [0.15, 0.2) is 65.8 Å². The lowest BCUT2D eigenvalue weighted by Gasteiger charge is -2.15. The Bertz CT molecular complexity index is 1020. The van der Waals surface area contributed by atoms with Crippen molar-refractivity contribution in [3.8, 4) is 0 Å². The van der Waals surface area contributed by atoms with Crippen molar-refractivity contribution in [2.24, 2.45) is 0 Å². The van der Waals surface area contributed by atoms with Crippen LogP contribution < -0.4 is 10.0 Å². The normalized spacial score (nSPS) is 13.0. The lowest BCUT2D eigenvalue weighted by molar-refractivity contribution is 0.537. The third-order valence-electron chi connectivity index (χ3n) is 4.40. The molecule has 6 heteroatoms. The number of nitrogens with zero attached hydrogens (tertiary/aromatic N) is 1. The SMILES string of the molecule is Cc1cccc(CCNC[C@@H](C)NS(=O)(=O)c2ccc3cnccc3c2)c1. The number of hydrogen-bond donors (Lipinski definition) is 2. The molecule has 0 unspecified atom stereocenters. The summed E-state index contributed by atoms with van der Waals surface area (Å²) in [5, 5.41) is 5.10. The number of aromatic nitrogens is 1. The Labute approximate surface area is 160 Å². The number of benzene rings is 2. The van der Waals surface area contributed by atoms with Crippen LogP contribution in [0.5, 0.6) is 0 Å². The highest BCUT2D eigenvalue weighted by Crippen LogP contribution is 2.18. The summed E-state index contributed by atoms with van der Waals surface area (Å²) in [4.78, 5) is 4.32. The number of fused-ring (bicyclic) bond motifs is 1. The minimum Gasteiger partial charge on any atom is -0.315 e. The van der Waals surface area contributed by atoms with Gasteiger partial charge in [-0.05, 0) is 56.0 Å². The summed E-state index contributed by atoms with van der Waals surface area (Å²) in [7, 11) is -3.56. The highest BCUT2D eigenvalue weighted by atomic mass is 32.2. The van der Waals surface area contributed by atoms with Gasteiger partial charge in [0.25, 0.3) is 0 Å². The first-order valence-corrected chi connectivity index (χ1v) is 10.5. The van der Waals surface area contributed by atoms with Crippen molar-refractivity contribution in [2.45, 2.75) is 31.2 Å². The van der Waals surface area contributed by atoms with Crippen molar-refractivity contribution in [2.75, 3.05) is 13.1 Å². The molecule has 5 nitrogen and oxygen atoms in total. The molecule has 2 N–H and O–H groups in total. The van der Waals surface area contributed by atoms with E-state index in [1.165, 1.54) is 11.1 Å². The van der Waals surface area contributed by atoms with E-state index in [0.29, 0.717) is 6.54 Å². The highest BCUT2D eigenvalue weighted by molar-refractivity contribution is 7.89. The van der Waals surface area contributed by atoms with E-state index in [1.54, 1.807) is 30.6 Å². The van der Waals surface area contributed by atoms with Gasteiger partial charge in [0, 0.05) is 30.4 Å². The average molecular weight is 384 g/mol. The van der Waals surface area contributed by atoms with Gasteiger partial charge in [-0.1, -0.05) is 35.9 Å². The fourth-order valence-electron chi connectivity index (χ4n) is 3.02. The van der Waals surface area contributed by atoms with Gasteiger partial charge in [-0.3, -0.25) is 4.98 Å². The number of aryl methyl sites for hydroxylation is 1. The molecule has 0 saturated carbocycles. The average Bonchev–Trinajstić information content (AvgIpc) is 2.64. The van der Waals surface area contributed by atoms with Crippen molar-refractivity contribution < 1.29 is 8.42 Å². The Morgan fingerprint density at radius 2 is 1.93 bits per heavy atom. The van der Waals surface area contributed by atoms with E-state index in [-0.39, 0.29) is 10.9 Å². The maximum atomic E-state index is 12.6. The monoisotopic (exact) mass is 383 g/mol. The Kier molecular flexibility index (Phi) is 6.21. The molecule has 0 amide bonds. The molecule has 0 fully saturated rings.